The van der Waals surface area contributed by atoms with Crippen molar-refractivity contribution in [2.24, 2.45) is 0 Å². The first-order valence-electron chi connectivity index (χ1n) is 9.23. The minimum atomic E-state index is -0.0830. The highest BCUT2D eigenvalue weighted by molar-refractivity contribution is 7.99. The molecule has 0 aliphatic carbocycles. The fourth-order valence-electron chi connectivity index (χ4n) is 3.09. The first-order chi connectivity index (χ1) is 13.2. The molecule has 0 bridgehead atoms. The third kappa shape index (κ3) is 5.82. The van der Waals surface area contributed by atoms with E-state index in [0.29, 0.717) is 27.5 Å². The van der Waals surface area contributed by atoms with Crippen LogP contribution in [-0.4, -0.2) is 18.8 Å². The third-order valence-electron chi connectivity index (χ3n) is 4.63. The number of rotatable bonds is 8. The normalized spacial score (nSPS) is 12.1. The van der Waals surface area contributed by atoms with Crippen LogP contribution >= 0.6 is 35.0 Å². The molecule has 0 saturated carbocycles. The number of benzene rings is 2. The number of aryl methyl sites for hydroxylation is 1. The van der Waals surface area contributed by atoms with E-state index in [-0.39, 0.29) is 11.9 Å². The van der Waals surface area contributed by atoms with Crippen LogP contribution in [0.15, 0.2) is 30.3 Å². The highest BCUT2D eigenvalue weighted by Crippen LogP contribution is 2.32. The van der Waals surface area contributed by atoms with Crippen molar-refractivity contribution in [1.82, 2.24) is 5.32 Å². The first kappa shape index (κ1) is 22.9. The van der Waals surface area contributed by atoms with Crippen molar-refractivity contribution in [2.75, 3.05) is 12.9 Å². The quantitative estimate of drug-likeness (QED) is 0.506. The molecule has 0 fully saturated rings. The molecule has 2 rings (SSSR count). The van der Waals surface area contributed by atoms with Crippen LogP contribution in [0.2, 0.25) is 10.0 Å². The number of thioether (sulfide) groups is 1. The number of amides is 1. The van der Waals surface area contributed by atoms with Gasteiger partial charge in [0.1, 0.15) is 5.75 Å². The van der Waals surface area contributed by atoms with E-state index in [9.17, 15) is 4.79 Å². The van der Waals surface area contributed by atoms with Crippen molar-refractivity contribution in [3.8, 4) is 5.75 Å². The van der Waals surface area contributed by atoms with E-state index in [1.807, 2.05) is 38.1 Å². The molecular formula is C22H27Cl2NO2S. The predicted octanol–water partition coefficient (Wildman–Crippen LogP) is 6.54. The Morgan fingerprint density at radius 3 is 2.36 bits per heavy atom. The number of ether oxygens (including phenoxy) is 1. The van der Waals surface area contributed by atoms with Crippen molar-refractivity contribution >= 4 is 40.9 Å². The Morgan fingerprint density at radius 2 is 1.79 bits per heavy atom. The lowest BCUT2D eigenvalue weighted by Gasteiger charge is -2.21. The van der Waals surface area contributed by atoms with Gasteiger partial charge in [-0.15, -0.1) is 11.8 Å². The fraction of sp³-hybridized carbons (Fsp3) is 0.409. The van der Waals surface area contributed by atoms with Gasteiger partial charge in [0, 0.05) is 15.8 Å². The topological polar surface area (TPSA) is 38.3 Å². The standard InChI is InChI=1S/C22H27Cl2NO2S/c1-13(2)16-10-17(14(3)9-21(16)27-5)15(4)25-22(26)12-28-11-18-19(23)7-6-8-20(18)24/h6-10,13,15H,11-12H2,1-5H3,(H,25,26)/t15-/m1/s1. The number of carbonyl (C=O) groups is 1. The molecule has 0 radical (unpaired) electrons. The second-order valence-corrected chi connectivity index (χ2v) is 8.89. The number of carbonyl (C=O) groups excluding carboxylic acids is 1. The average molecular weight is 440 g/mol. The predicted molar refractivity (Wildman–Crippen MR) is 121 cm³/mol. The molecule has 152 valence electrons. The van der Waals surface area contributed by atoms with Gasteiger partial charge in [-0.1, -0.05) is 43.1 Å². The molecule has 1 amide bonds. The Labute approximate surface area is 182 Å². The van der Waals surface area contributed by atoms with Crippen molar-refractivity contribution in [1.29, 1.82) is 0 Å². The summed E-state index contributed by atoms with van der Waals surface area (Å²) in [4.78, 5) is 12.4. The third-order valence-corrected chi connectivity index (χ3v) is 6.29. The van der Waals surface area contributed by atoms with E-state index >= 15 is 0 Å². The van der Waals surface area contributed by atoms with Crippen molar-refractivity contribution in [2.45, 2.75) is 45.4 Å². The molecule has 1 atom stereocenters. The Bertz CT molecular complexity index is 819. The summed E-state index contributed by atoms with van der Waals surface area (Å²) < 4.78 is 5.51. The van der Waals surface area contributed by atoms with Gasteiger partial charge in [0.2, 0.25) is 5.91 Å². The summed E-state index contributed by atoms with van der Waals surface area (Å²) >= 11 is 13.9. The summed E-state index contributed by atoms with van der Waals surface area (Å²) in [6, 6.07) is 9.53. The number of hydrogen-bond acceptors (Lipinski definition) is 3. The molecule has 28 heavy (non-hydrogen) atoms. The van der Waals surface area contributed by atoms with Gasteiger partial charge >= 0.3 is 0 Å². The van der Waals surface area contributed by atoms with Gasteiger partial charge in [-0.2, -0.15) is 0 Å². The lowest BCUT2D eigenvalue weighted by molar-refractivity contribution is -0.119. The highest BCUT2D eigenvalue weighted by atomic mass is 35.5. The minimum absolute atomic E-state index is 0.0120. The Kier molecular flexibility index (Phi) is 8.54. The van der Waals surface area contributed by atoms with Gasteiger partial charge < -0.3 is 10.1 Å². The molecule has 0 saturated heterocycles. The van der Waals surface area contributed by atoms with Crippen LogP contribution in [-0.2, 0) is 10.5 Å². The molecule has 3 nitrogen and oxygen atoms in total. The number of halogens is 2. The smallest absolute Gasteiger partial charge is 0.230 e. The largest absolute Gasteiger partial charge is 0.496 e. The van der Waals surface area contributed by atoms with Crippen molar-refractivity contribution < 1.29 is 9.53 Å². The summed E-state index contributed by atoms with van der Waals surface area (Å²) in [5, 5.41) is 4.35. The van der Waals surface area contributed by atoms with Gasteiger partial charge in [0.25, 0.3) is 0 Å². The molecule has 2 aromatic carbocycles. The maximum absolute atomic E-state index is 12.4. The SMILES string of the molecule is COc1cc(C)c([C@@H](C)NC(=O)CSCc2c(Cl)cccc2Cl)cc1C(C)C. The Hall–Kier alpha value is -1.36. The molecule has 2 aromatic rings. The minimum Gasteiger partial charge on any atom is -0.496 e. The van der Waals surface area contributed by atoms with E-state index < -0.39 is 0 Å². The van der Waals surface area contributed by atoms with E-state index in [4.69, 9.17) is 27.9 Å². The summed E-state index contributed by atoms with van der Waals surface area (Å²) in [5.41, 5.74) is 4.22. The first-order valence-corrected chi connectivity index (χ1v) is 11.1. The van der Waals surface area contributed by atoms with Gasteiger partial charge in [-0.3, -0.25) is 4.79 Å². The fourth-order valence-corrected chi connectivity index (χ4v) is 4.66. The highest BCUT2D eigenvalue weighted by Gasteiger charge is 2.17. The summed E-state index contributed by atoms with van der Waals surface area (Å²) in [5.74, 6) is 2.16. The van der Waals surface area contributed by atoms with Gasteiger partial charge in [0.15, 0.2) is 0 Å². The summed E-state index contributed by atoms with van der Waals surface area (Å²) in [7, 11) is 1.69. The number of methoxy groups -OCH3 is 1. The summed E-state index contributed by atoms with van der Waals surface area (Å²) in [6.45, 7) is 8.32. The molecule has 0 aromatic heterocycles. The lowest BCUT2D eigenvalue weighted by atomic mass is 9.93. The van der Waals surface area contributed by atoms with E-state index in [1.54, 1.807) is 7.11 Å². The second-order valence-electron chi connectivity index (χ2n) is 7.09. The molecule has 0 aliphatic heterocycles. The lowest BCUT2D eigenvalue weighted by Crippen LogP contribution is -2.28. The van der Waals surface area contributed by atoms with Crippen LogP contribution in [0.5, 0.6) is 5.75 Å². The zero-order valence-corrected chi connectivity index (χ0v) is 19.3. The maximum Gasteiger partial charge on any atom is 0.230 e. The molecule has 1 N–H and O–H groups in total. The van der Waals surface area contributed by atoms with E-state index in [0.717, 1.165) is 28.0 Å². The van der Waals surface area contributed by atoms with Crippen molar-refractivity contribution in [3.63, 3.8) is 0 Å². The number of hydrogen-bond donors (Lipinski definition) is 1. The maximum atomic E-state index is 12.4. The molecule has 0 unspecified atom stereocenters. The molecular weight excluding hydrogens is 413 g/mol. The van der Waals surface area contributed by atoms with Gasteiger partial charge in [0.05, 0.1) is 18.9 Å². The summed E-state index contributed by atoms with van der Waals surface area (Å²) in [6.07, 6.45) is 0. The Balaban J connectivity index is 1.99. The Morgan fingerprint density at radius 1 is 1.14 bits per heavy atom. The molecule has 6 heteroatoms. The van der Waals surface area contributed by atoms with Crippen LogP contribution in [0.3, 0.4) is 0 Å². The second kappa shape index (κ2) is 10.4. The van der Waals surface area contributed by atoms with E-state index in [2.05, 4.69) is 25.2 Å². The van der Waals surface area contributed by atoms with Gasteiger partial charge in [-0.05, 0) is 66.3 Å². The van der Waals surface area contributed by atoms with Crippen LogP contribution in [0, 0.1) is 6.92 Å². The zero-order valence-electron chi connectivity index (χ0n) is 16.9. The molecule has 0 heterocycles. The van der Waals surface area contributed by atoms with Crippen LogP contribution in [0.4, 0.5) is 0 Å². The van der Waals surface area contributed by atoms with E-state index in [1.165, 1.54) is 11.8 Å². The zero-order chi connectivity index (χ0) is 20.8. The number of nitrogens with one attached hydrogen (secondary N) is 1. The van der Waals surface area contributed by atoms with Gasteiger partial charge in [-0.25, -0.2) is 0 Å². The monoisotopic (exact) mass is 439 g/mol. The molecule has 0 aliphatic rings. The van der Waals surface area contributed by atoms with Crippen LogP contribution < -0.4 is 10.1 Å². The van der Waals surface area contributed by atoms with Crippen LogP contribution in [0.25, 0.3) is 0 Å². The molecule has 0 spiro atoms. The van der Waals surface area contributed by atoms with Crippen LogP contribution in [0.1, 0.15) is 55.0 Å². The average Bonchev–Trinajstić information content (AvgIpc) is 2.63. The van der Waals surface area contributed by atoms with Crippen molar-refractivity contribution in [3.05, 3.63) is 62.6 Å².